The molecular weight excluding hydrogens is 376 g/mol. The Balaban J connectivity index is 1.54. The molecule has 0 aliphatic carbocycles. The van der Waals surface area contributed by atoms with E-state index in [-0.39, 0.29) is 11.7 Å². The number of anilines is 1. The van der Waals surface area contributed by atoms with E-state index < -0.39 is 0 Å². The van der Waals surface area contributed by atoms with Crippen LogP contribution < -0.4 is 10.1 Å². The number of para-hydroxylation sites is 1. The van der Waals surface area contributed by atoms with Crippen LogP contribution >= 0.6 is 11.8 Å². The van der Waals surface area contributed by atoms with Crippen molar-refractivity contribution in [3.05, 3.63) is 60.6 Å². The highest BCUT2D eigenvalue weighted by molar-refractivity contribution is 7.99. The molecule has 2 aromatic heterocycles. The summed E-state index contributed by atoms with van der Waals surface area (Å²) in [4.78, 5) is 20.8. The number of pyridine rings is 1. The zero-order valence-electron chi connectivity index (χ0n) is 15.8. The largest absolute Gasteiger partial charge is 0.475 e. The third-order valence-corrected chi connectivity index (χ3v) is 4.84. The van der Waals surface area contributed by atoms with Gasteiger partial charge >= 0.3 is 0 Å². The van der Waals surface area contributed by atoms with Crippen molar-refractivity contribution in [3.63, 3.8) is 0 Å². The molecule has 0 saturated heterocycles. The fourth-order valence-corrected chi connectivity index (χ4v) is 3.28. The summed E-state index contributed by atoms with van der Waals surface area (Å²) in [6.45, 7) is 2.97. The molecule has 0 fully saturated rings. The average molecular weight is 398 g/mol. The predicted molar refractivity (Wildman–Crippen MR) is 109 cm³/mol. The van der Waals surface area contributed by atoms with Crippen molar-refractivity contribution < 1.29 is 14.3 Å². The highest BCUT2D eigenvalue weighted by Crippen LogP contribution is 2.22. The number of hydrogen-bond donors (Lipinski definition) is 1. The van der Waals surface area contributed by atoms with Crippen molar-refractivity contribution in [3.8, 4) is 11.6 Å². The Morgan fingerprint density at radius 2 is 2.04 bits per heavy atom. The lowest BCUT2D eigenvalue weighted by atomic mass is 10.2. The fraction of sp³-hybridized carbons (Fsp3) is 0.250. The van der Waals surface area contributed by atoms with Crippen LogP contribution in [0.25, 0.3) is 5.69 Å². The Morgan fingerprint density at radius 3 is 2.79 bits per heavy atom. The number of carbonyl (C=O) groups is 1. The smallest absolute Gasteiger partial charge is 0.234 e. The van der Waals surface area contributed by atoms with E-state index in [0.29, 0.717) is 24.8 Å². The number of rotatable bonds is 9. The summed E-state index contributed by atoms with van der Waals surface area (Å²) in [5, 5.41) is 3.60. The van der Waals surface area contributed by atoms with Crippen LogP contribution in [0.1, 0.15) is 5.56 Å². The first-order chi connectivity index (χ1) is 13.7. The van der Waals surface area contributed by atoms with Gasteiger partial charge in [-0.15, -0.1) is 0 Å². The van der Waals surface area contributed by atoms with Crippen LogP contribution in [-0.2, 0) is 9.53 Å². The SMILES string of the molecule is COCCOc1ccc(NC(=O)CSc2nccn2-c2ccccc2C)cn1. The van der Waals surface area contributed by atoms with Crippen molar-refractivity contribution in [1.29, 1.82) is 0 Å². The molecule has 7 nitrogen and oxygen atoms in total. The van der Waals surface area contributed by atoms with Gasteiger partial charge in [0.15, 0.2) is 5.16 Å². The lowest BCUT2D eigenvalue weighted by Gasteiger charge is -2.10. The van der Waals surface area contributed by atoms with E-state index in [1.807, 2.05) is 42.0 Å². The Hall–Kier alpha value is -2.84. The average Bonchev–Trinajstić information content (AvgIpc) is 3.17. The van der Waals surface area contributed by atoms with E-state index in [1.165, 1.54) is 11.8 Å². The number of benzene rings is 1. The summed E-state index contributed by atoms with van der Waals surface area (Å²) in [6.07, 6.45) is 5.20. The van der Waals surface area contributed by atoms with Crippen LogP contribution in [0.4, 0.5) is 5.69 Å². The highest BCUT2D eigenvalue weighted by atomic mass is 32.2. The van der Waals surface area contributed by atoms with Crippen LogP contribution in [0, 0.1) is 6.92 Å². The van der Waals surface area contributed by atoms with Crippen molar-refractivity contribution in [2.45, 2.75) is 12.1 Å². The van der Waals surface area contributed by atoms with Gasteiger partial charge in [0.05, 0.1) is 29.9 Å². The van der Waals surface area contributed by atoms with Crippen molar-refractivity contribution in [1.82, 2.24) is 14.5 Å². The number of amides is 1. The molecule has 0 unspecified atom stereocenters. The normalized spacial score (nSPS) is 10.6. The lowest BCUT2D eigenvalue weighted by molar-refractivity contribution is -0.113. The number of carbonyl (C=O) groups excluding carboxylic acids is 1. The summed E-state index contributed by atoms with van der Waals surface area (Å²) in [5.74, 6) is 0.610. The van der Waals surface area contributed by atoms with Gasteiger partial charge in [-0.2, -0.15) is 0 Å². The molecule has 3 rings (SSSR count). The first-order valence-electron chi connectivity index (χ1n) is 8.77. The van der Waals surface area contributed by atoms with E-state index >= 15 is 0 Å². The molecule has 1 amide bonds. The third-order valence-electron chi connectivity index (χ3n) is 3.87. The fourth-order valence-electron chi connectivity index (χ4n) is 2.51. The quantitative estimate of drug-likeness (QED) is 0.440. The maximum Gasteiger partial charge on any atom is 0.234 e. The summed E-state index contributed by atoms with van der Waals surface area (Å²) in [7, 11) is 1.61. The molecule has 0 aliphatic heterocycles. The number of methoxy groups -OCH3 is 1. The standard InChI is InChI=1S/C20H22N4O3S/c1-15-5-3-4-6-17(15)24-10-9-21-20(24)28-14-18(25)23-16-7-8-19(22-13-16)27-12-11-26-2/h3-10,13H,11-12,14H2,1-2H3,(H,23,25). The molecular formula is C20H22N4O3S. The Bertz CT molecular complexity index is 912. The number of ether oxygens (including phenoxy) is 2. The molecule has 2 heterocycles. The van der Waals surface area contributed by atoms with Crippen LogP contribution in [0.2, 0.25) is 0 Å². The monoisotopic (exact) mass is 398 g/mol. The molecule has 8 heteroatoms. The Kier molecular flexibility index (Phi) is 7.05. The molecule has 0 bridgehead atoms. The molecule has 3 aromatic rings. The van der Waals surface area contributed by atoms with Crippen LogP contribution in [0.15, 0.2) is 60.1 Å². The van der Waals surface area contributed by atoms with Crippen molar-refractivity contribution >= 4 is 23.4 Å². The minimum absolute atomic E-state index is 0.126. The maximum absolute atomic E-state index is 12.3. The molecule has 1 aromatic carbocycles. The molecule has 28 heavy (non-hydrogen) atoms. The van der Waals surface area contributed by atoms with Gasteiger partial charge in [-0.05, 0) is 24.6 Å². The second kappa shape index (κ2) is 9.91. The molecule has 0 saturated carbocycles. The van der Waals surface area contributed by atoms with Gasteiger partial charge in [-0.25, -0.2) is 9.97 Å². The Labute approximate surface area is 168 Å². The molecule has 1 N–H and O–H groups in total. The van der Waals surface area contributed by atoms with Crippen LogP contribution in [0.3, 0.4) is 0 Å². The van der Waals surface area contributed by atoms with Gasteiger partial charge in [-0.3, -0.25) is 9.36 Å². The summed E-state index contributed by atoms with van der Waals surface area (Å²) < 4.78 is 12.3. The lowest BCUT2D eigenvalue weighted by Crippen LogP contribution is -2.15. The van der Waals surface area contributed by atoms with Gasteiger partial charge in [-0.1, -0.05) is 30.0 Å². The number of hydrogen-bond acceptors (Lipinski definition) is 6. The van der Waals surface area contributed by atoms with E-state index in [4.69, 9.17) is 9.47 Å². The predicted octanol–water partition coefficient (Wildman–Crippen LogP) is 3.33. The molecule has 0 radical (unpaired) electrons. The van der Waals surface area contributed by atoms with Crippen LogP contribution in [0.5, 0.6) is 5.88 Å². The van der Waals surface area contributed by atoms with Crippen molar-refractivity contribution in [2.24, 2.45) is 0 Å². The van der Waals surface area contributed by atoms with E-state index in [1.54, 1.807) is 31.6 Å². The molecule has 0 aliphatic rings. The van der Waals surface area contributed by atoms with E-state index in [2.05, 4.69) is 15.3 Å². The Morgan fingerprint density at radius 1 is 1.18 bits per heavy atom. The van der Waals surface area contributed by atoms with Gasteiger partial charge in [0.2, 0.25) is 11.8 Å². The zero-order chi connectivity index (χ0) is 19.8. The zero-order valence-corrected chi connectivity index (χ0v) is 16.6. The number of nitrogens with one attached hydrogen (secondary N) is 1. The number of thioether (sulfide) groups is 1. The first-order valence-corrected chi connectivity index (χ1v) is 9.75. The first kappa shape index (κ1) is 19.9. The van der Waals surface area contributed by atoms with Crippen molar-refractivity contribution in [2.75, 3.05) is 31.4 Å². The molecule has 146 valence electrons. The molecule has 0 atom stereocenters. The van der Waals surface area contributed by atoms with Gasteiger partial charge in [0.1, 0.15) is 6.61 Å². The summed E-state index contributed by atoms with van der Waals surface area (Å²) >= 11 is 1.38. The maximum atomic E-state index is 12.3. The minimum atomic E-state index is -0.126. The summed E-state index contributed by atoms with van der Waals surface area (Å²) in [6, 6.07) is 11.5. The number of aromatic nitrogens is 3. The third kappa shape index (κ3) is 5.34. The van der Waals surface area contributed by atoms with E-state index in [9.17, 15) is 4.79 Å². The number of aryl methyl sites for hydroxylation is 1. The topological polar surface area (TPSA) is 78.3 Å². The molecule has 0 spiro atoms. The van der Waals surface area contributed by atoms with Crippen LogP contribution in [-0.4, -0.2) is 46.5 Å². The van der Waals surface area contributed by atoms with Gasteiger partial charge in [0, 0.05) is 25.6 Å². The summed E-state index contributed by atoms with van der Waals surface area (Å²) in [5.41, 5.74) is 2.81. The minimum Gasteiger partial charge on any atom is -0.475 e. The second-order valence-corrected chi connectivity index (χ2v) is 6.87. The van der Waals surface area contributed by atoms with Gasteiger partial charge < -0.3 is 14.8 Å². The highest BCUT2D eigenvalue weighted by Gasteiger charge is 2.11. The second-order valence-electron chi connectivity index (χ2n) is 5.93. The van der Waals surface area contributed by atoms with Gasteiger partial charge in [0.25, 0.3) is 0 Å². The number of imidazole rings is 1. The van der Waals surface area contributed by atoms with E-state index in [0.717, 1.165) is 16.4 Å². The number of nitrogens with zero attached hydrogens (tertiary/aromatic N) is 3.